The minimum absolute atomic E-state index is 0.0641. The van der Waals surface area contributed by atoms with Crippen LogP contribution < -0.4 is 14.8 Å². The van der Waals surface area contributed by atoms with E-state index in [0.29, 0.717) is 29.4 Å². The summed E-state index contributed by atoms with van der Waals surface area (Å²) in [6.07, 6.45) is -0.820. The summed E-state index contributed by atoms with van der Waals surface area (Å²) in [5.41, 5.74) is 2.80. The molecule has 0 saturated carbocycles. The fourth-order valence-electron chi connectivity index (χ4n) is 3.47. The number of hydrogen-bond donors (Lipinski definition) is 4. The Kier molecular flexibility index (Phi) is 7.38. The van der Waals surface area contributed by atoms with Crippen molar-refractivity contribution in [1.29, 1.82) is 0 Å². The van der Waals surface area contributed by atoms with Crippen LogP contribution in [0.4, 0.5) is 5.69 Å². The first-order chi connectivity index (χ1) is 16.3. The molecule has 3 aromatic carbocycles. The molecule has 0 amide bonds. The topological polar surface area (TPSA) is 116 Å². The van der Waals surface area contributed by atoms with Crippen molar-refractivity contribution in [3.8, 4) is 5.75 Å². The van der Waals surface area contributed by atoms with Gasteiger partial charge in [-0.3, -0.25) is 9.82 Å². The molecule has 0 bridgehead atoms. The van der Waals surface area contributed by atoms with Gasteiger partial charge in [0.15, 0.2) is 0 Å². The van der Waals surface area contributed by atoms with Crippen LogP contribution in [-0.4, -0.2) is 43.4 Å². The Bertz CT molecular complexity index is 1390. The maximum atomic E-state index is 12.6. The highest BCUT2D eigenvalue weighted by atomic mass is 35.5. The number of rotatable bonds is 10. The van der Waals surface area contributed by atoms with E-state index in [4.69, 9.17) is 16.3 Å². The summed E-state index contributed by atoms with van der Waals surface area (Å²) in [5, 5.41) is 22.2. The van der Waals surface area contributed by atoms with Crippen LogP contribution in [0.1, 0.15) is 17.4 Å². The van der Waals surface area contributed by atoms with Crippen molar-refractivity contribution in [2.45, 2.75) is 17.9 Å². The van der Waals surface area contributed by atoms with Crippen molar-refractivity contribution in [1.82, 2.24) is 15.5 Å². The second-order valence-corrected chi connectivity index (χ2v) is 9.90. The van der Waals surface area contributed by atoms with E-state index in [9.17, 15) is 13.5 Å². The molecule has 4 aromatic rings. The standard InChI is InChI=1S/C24H25ClN4O4S/c1-16-22-9-8-20(14-23(22)28-27-16)33-11-10-26-15-24(30)17-4-2-6-19(12-17)29-34(31,32)21-7-3-5-18(25)13-21/h2-9,12-14,24,26,29-30H,10-11,15H2,1H3,(H,27,28). The quantitative estimate of drug-likeness (QED) is 0.244. The lowest BCUT2D eigenvalue weighted by atomic mass is 10.1. The van der Waals surface area contributed by atoms with Gasteiger partial charge in [-0.2, -0.15) is 5.10 Å². The number of ether oxygens (including phenoxy) is 1. The van der Waals surface area contributed by atoms with Crippen molar-refractivity contribution in [3.63, 3.8) is 0 Å². The molecule has 0 aliphatic carbocycles. The second-order valence-electron chi connectivity index (χ2n) is 7.78. The van der Waals surface area contributed by atoms with E-state index < -0.39 is 16.1 Å². The molecule has 0 radical (unpaired) electrons. The molecule has 0 spiro atoms. The maximum Gasteiger partial charge on any atom is 0.261 e. The van der Waals surface area contributed by atoms with Gasteiger partial charge in [0.2, 0.25) is 0 Å². The van der Waals surface area contributed by atoms with Crippen LogP contribution >= 0.6 is 11.6 Å². The van der Waals surface area contributed by atoms with Gasteiger partial charge in [0.05, 0.1) is 16.5 Å². The lowest BCUT2D eigenvalue weighted by Gasteiger charge is -2.15. The monoisotopic (exact) mass is 500 g/mol. The third-order valence-electron chi connectivity index (χ3n) is 5.23. The lowest BCUT2D eigenvalue weighted by Crippen LogP contribution is -2.26. The molecule has 0 aliphatic rings. The van der Waals surface area contributed by atoms with Crippen molar-refractivity contribution in [2.24, 2.45) is 0 Å². The molecule has 8 nitrogen and oxygen atoms in total. The van der Waals surface area contributed by atoms with Crippen molar-refractivity contribution in [2.75, 3.05) is 24.4 Å². The highest BCUT2D eigenvalue weighted by Crippen LogP contribution is 2.23. The zero-order valence-electron chi connectivity index (χ0n) is 18.5. The van der Waals surface area contributed by atoms with Crippen LogP contribution in [0, 0.1) is 6.92 Å². The molecule has 34 heavy (non-hydrogen) atoms. The van der Waals surface area contributed by atoms with Gasteiger partial charge < -0.3 is 15.2 Å². The summed E-state index contributed by atoms with van der Waals surface area (Å²) in [6, 6.07) is 18.4. The molecule has 0 saturated heterocycles. The Morgan fingerprint density at radius 1 is 1.12 bits per heavy atom. The largest absolute Gasteiger partial charge is 0.492 e. The third kappa shape index (κ3) is 5.87. The molecule has 4 rings (SSSR count). The smallest absolute Gasteiger partial charge is 0.261 e. The maximum absolute atomic E-state index is 12.6. The summed E-state index contributed by atoms with van der Waals surface area (Å²) in [6.45, 7) is 3.19. The molecule has 10 heteroatoms. The number of nitrogens with one attached hydrogen (secondary N) is 3. The van der Waals surface area contributed by atoms with Crippen LogP contribution in [0.2, 0.25) is 5.02 Å². The highest BCUT2D eigenvalue weighted by molar-refractivity contribution is 7.92. The van der Waals surface area contributed by atoms with Crippen molar-refractivity contribution < 1.29 is 18.3 Å². The first-order valence-corrected chi connectivity index (χ1v) is 12.5. The summed E-state index contributed by atoms with van der Waals surface area (Å²) >= 11 is 5.91. The Hall–Kier alpha value is -3.11. The van der Waals surface area contributed by atoms with Gasteiger partial charge in [-0.25, -0.2) is 8.42 Å². The molecular weight excluding hydrogens is 476 g/mol. The zero-order chi connectivity index (χ0) is 24.1. The summed E-state index contributed by atoms with van der Waals surface area (Å²) in [5.74, 6) is 0.723. The summed E-state index contributed by atoms with van der Waals surface area (Å²) in [7, 11) is -3.80. The Morgan fingerprint density at radius 3 is 2.76 bits per heavy atom. The minimum atomic E-state index is -3.80. The third-order valence-corrected chi connectivity index (χ3v) is 6.85. The predicted molar refractivity (Wildman–Crippen MR) is 133 cm³/mol. The lowest BCUT2D eigenvalue weighted by molar-refractivity contribution is 0.172. The number of sulfonamides is 1. The van der Waals surface area contributed by atoms with Gasteiger partial charge in [0.25, 0.3) is 10.0 Å². The molecule has 4 N–H and O–H groups in total. The number of nitrogens with zero attached hydrogens (tertiary/aromatic N) is 1. The number of aromatic amines is 1. The van der Waals surface area contributed by atoms with Gasteiger partial charge in [-0.15, -0.1) is 0 Å². The van der Waals surface area contributed by atoms with Gasteiger partial charge in [-0.1, -0.05) is 29.8 Å². The molecule has 1 unspecified atom stereocenters. The number of halogens is 1. The molecule has 1 heterocycles. The molecule has 178 valence electrons. The Morgan fingerprint density at radius 2 is 1.94 bits per heavy atom. The van der Waals surface area contributed by atoms with Gasteiger partial charge in [-0.05, 0) is 55.0 Å². The van der Waals surface area contributed by atoms with E-state index in [0.717, 1.165) is 22.3 Å². The fraction of sp³-hybridized carbons (Fsp3) is 0.208. The van der Waals surface area contributed by atoms with Crippen molar-refractivity contribution in [3.05, 3.63) is 83.0 Å². The molecule has 1 aromatic heterocycles. The first-order valence-electron chi connectivity index (χ1n) is 10.7. The van der Waals surface area contributed by atoms with E-state index in [1.165, 1.54) is 12.1 Å². The number of H-pyrrole nitrogens is 1. The summed E-state index contributed by atoms with van der Waals surface area (Å²) in [4.78, 5) is 0.0641. The molecule has 1 atom stereocenters. The number of hydrogen-bond acceptors (Lipinski definition) is 6. The normalized spacial score (nSPS) is 12.6. The van der Waals surface area contributed by atoms with Gasteiger partial charge in [0, 0.05) is 40.9 Å². The van der Waals surface area contributed by atoms with E-state index in [1.54, 1.807) is 36.4 Å². The SMILES string of the molecule is Cc1[nH]nc2cc(OCCNCC(O)c3cccc(NS(=O)(=O)c4cccc(Cl)c4)c3)ccc12. The number of anilines is 1. The number of aromatic nitrogens is 2. The fourth-order valence-corrected chi connectivity index (χ4v) is 4.82. The first kappa shape index (κ1) is 24.0. The van der Waals surface area contributed by atoms with E-state index in [2.05, 4.69) is 20.2 Å². The molecular formula is C24H25ClN4O4S. The van der Waals surface area contributed by atoms with Crippen LogP contribution in [0.3, 0.4) is 0 Å². The minimum Gasteiger partial charge on any atom is -0.492 e. The average molecular weight is 501 g/mol. The van der Waals surface area contributed by atoms with Gasteiger partial charge >= 0.3 is 0 Å². The second kappa shape index (κ2) is 10.4. The molecule has 0 fully saturated rings. The van der Waals surface area contributed by atoms with Crippen LogP contribution in [0.15, 0.2) is 71.6 Å². The average Bonchev–Trinajstić information content (AvgIpc) is 3.18. The molecule has 0 aliphatic heterocycles. The van der Waals surface area contributed by atoms with Crippen LogP contribution in [0.25, 0.3) is 10.9 Å². The van der Waals surface area contributed by atoms with E-state index in [-0.39, 0.29) is 11.4 Å². The van der Waals surface area contributed by atoms with Crippen LogP contribution in [-0.2, 0) is 10.0 Å². The predicted octanol–water partition coefficient (Wildman–Crippen LogP) is 4.03. The van der Waals surface area contributed by atoms with E-state index in [1.807, 2.05) is 25.1 Å². The van der Waals surface area contributed by atoms with Crippen LogP contribution in [0.5, 0.6) is 5.75 Å². The number of benzene rings is 3. The van der Waals surface area contributed by atoms with Crippen molar-refractivity contribution >= 4 is 38.2 Å². The number of aliphatic hydroxyl groups is 1. The number of fused-ring (bicyclic) bond motifs is 1. The number of aryl methyl sites for hydroxylation is 1. The highest BCUT2D eigenvalue weighted by Gasteiger charge is 2.16. The van der Waals surface area contributed by atoms with Gasteiger partial charge in [0.1, 0.15) is 12.4 Å². The Balaban J connectivity index is 1.27. The number of aliphatic hydroxyl groups excluding tert-OH is 1. The Labute approximate surface area is 203 Å². The van der Waals surface area contributed by atoms with E-state index >= 15 is 0 Å². The zero-order valence-corrected chi connectivity index (χ0v) is 20.0. The summed E-state index contributed by atoms with van der Waals surface area (Å²) < 4.78 is 33.5.